The minimum atomic E-state index is -2.88. The van der Waals surface area contributed by atoms with Crippen molar-refractivity contribution in [2.24, 2.45) is 0 Å². The van der Waals surface area contributed by atoms with Gasteiger partial charge < -0.3 is 9.26 Å². The third kappa shape index (κ3) is 3.64. The van der Waals surface area contributed by atoms with E-state index in [4.69, 9.17) is 9.26 Å². The number of aryl methyl sites for hydroxylation is 1. The van der Waals surface area contributed by atoms with Crippen LogP contribution in [0, 0.1) is 6.92 Å². The minimum absolute atomic E-state index is 0.0773. The van der Waals surface area contributed by atoms with Gasteiger partial charge in [0.15, 0.2) is 9.84 Å². The first-order valence-corrected chi connectivity index (χ1v) is 9.32. The van der Waals surface area contributed by atoms with Crippen molar-refractivity contribution in [2.45, 2.75) is 44.9 Å². The van der Waals surface area contributed by atoms with Crippen molar-refractivity contribution >= 4 is 9.84 Å². The first kappa shape index (κ1) is 15.0. The fourth-order valence-corrected chi connectivity index (χ4v) is 4.91. The van der Waals surface area contributed by atoms with Crippen LogP contribution >= 0.6 is 0 Å². The van der Waals surface area contributed by atoms with E-state index in [2.05, 4.69) is 10.1 Å². The quantitative estimate of drug-likeness (QED) is 0.812. The lowest BCUT2D eigenvalue weighted by atomic mass is 10.1. The van der Waals surface area contributed by atoms with E-state index in [0.717, 1.165) is 37.3 Å². The van der Waals surface area contributed by atoms with Gasteiger partial charge in [0.1, 0.15) is 5.76 Å². The number of ether oxygens (including phenoxy) is 1. The van der Waals surface area contributed by atoms with Crippen molar-refractivity contribution in [3.05, 3.63) is 17.5 Å². The molecule has 0 bridgehead atoms. The van der Waals surface area contributed by atoms with Gasteiger partial charge in [0.2, 0.25) is 0 Å². The summed E-state index contributed by atoms with van der Waals surface area (Å²) < 4.78 is 34.4. The summed E-state index contributed by atoms with van der Waals surface area (Å²) in [6, 6.07) is 0.0773. The Kier molecular flexibility index (Phi) is 4.33. The number of hydrogen-bond donors (Lipinski definition) is 0. The van der Waals surface area contributed by atoms with E-state index in [1.807, 2.05) is 6.92 Å². The zero-order valence-electron chi connectivity index (χ0n) is 12.3. The molecule has 1 aromatic rings. The molecule has 0 spiro atoms. The van der Waals surface area contributed by atoms with Gasteiger partial charge in [-0.15, -0.1) is 0 Å². The summed E-state index contributed by atoms with van der Waals surface area (Å²) in [4.78, 5) is 2.24. The van der Waals surface area contributed by atoms with Crippen LogP contribution in [0.4, 0.5) is 0 Å². The van der Waals surface area contributed by atoms with Crippen LogP contribution in [0.2, 0.25) is 0 Å². The molecule has 118 valence electrons. The van der Waals surface area contributed by atoms with Crippen molar-refractivity contribution in [3.8, 4) is 0 Å². The Morgan fingerprint density at radius 3 is 2.86 bits per heavy atom. The van der Waals surface area contributed by atoms with Gasteiger partial charge >= 0.3 is 0 Å². The van der Waals surface area contributed by atoms with Crippen LogP contribution in [0.3, 0.4) is 0 Å². The SMILES string of the molecule is Cc1oncc1CN(C[C@H]1CCCO1)[C@H]1CCS(=O)(=O)C1. The number of rotatable bonds is 5. The van der Waals surface area contributed by atoms with E-state index in [9.17, 15) is 8.42 Å². The molecule has 0 radical (unpaired) electrons. The van der Waals surface area contributed by atoms with Gasteiger partial charge in [0.25, 0.3) is 0 Å². The van der Waals surface area contributed by atoms with Gasteiger partial charge in [-0.3, -0.25) is 4.90 Å². The fourth-order valence-electron chi connectivity index (χ4n) is 3.15. The van der Waals surface area contributed by atoms with Crippen LogP contribution in [0.25, 0.3) is 0 Å². The average Bonchev–Trinajstić information content (AvgIpc) is 3.12. The van der Waals surface area contributed by atoms with E-state index < -0.39 is 9.84 Å². The van der Waals surface area contributed by atoms with Crippen LogP contribution in [0.5, 0.6) is 0 Å². The molecule has 0 aliphatic carbocycles. The Bertz CT molecular complexity index is 578. The number of hydrogen-bond acceptors (Lipinski definition) is 6. The van der Waals surface area contributed by atoms with Crippen molar-refractivity contribution in [1.29, 1.82) is 0 Å². The molecule has 2 atom stereocenters. The van der Waals surface area contributed by atoms with Crippen LogP contribution in [-0.4, -0.2) is 55.3 Å². The van der Waals surface area contributed by atoms with Crippen LogP contribution in [0.1, 0.15) is 30.6 Å². The molecule has 2 fully saturated rings. The molecule has 2 aliphatic rings. The summed E-state index contributed by atoms with van der Waals surface area (Å²) in [7, 11) is -2.88. The van der Waals surface area contributed by atoms with Crippen LogP contribution in [-0.2, 0) is 21.1 Å². The van der Waals surface area contributed by atoms with E-state index in [1.165, 1.54) is 0 Å². The van der Waals surface area contributed by atoms with Crippen molar-refractivity contribution in [3.63, 3.8) is 0 Å². The van der Waals surface area contributed by atoms with E-state index >= 15 is 0 Å². The Morgan fingerprint density at radius 1 is 1.43 bits per heavy atom. The molecular formula is C14H22N2O4S. The molecular weight excluding hydrogens is 292 g/mol. The summed E-state index contributed by atoms with van der Waals surface area (Å²) in [5.41, 5.74) is 1.03. The maximum Gasteiger partial charge on any atom is 0.151 e. The molecule has 0 aromatic carbocycles. The molecule has 7 heteroatoms. The molecule has 2 saturated heterocycles. The highest BCUT2D eigenvalue weighted by Gasteiger charge is 2.34. The van der Waals surface area contributed by atoms with Crippen LogP contribution < -0.4 is 0 Å². The van der Waals surface area contributed by atoms with Crippen molar-refractivity contribution in [2.75, 3.05) is 24.7 Å². The van der Waals surface area contributed by atoms with Gasteiger partial charge in [-0.2, -0.15) is 0 Å². The second-order valence-electron chi connectivity index (χ2n) is 6.03. The van der Waals surface area contributed by atoms with E-state index in [1.54, 1.807) is 6.20 Å². The summed E-state index contributed by atoms with van der Waals surface area (Å²) in [6.07, 6.45) is 4.79. The van der Waals surface area contributed by atoms with E-state index in [0.29, 0.717) is 18.7 Å². The lowest BCUT2D eigenvalue weighted by Crippen LogP contribution is -2.40. The maximum absolute atomic E-state index is 11.8. The topological polar surface area (TPSA) is 72.6 Å². The number of sulfone groups is 1. The largest absolute Gasteiger partial charge is 0.377 e. The highest BCUT2D eigenvalue weighted by atomic mass is 32.2. The van der Waals surface area contributed by atoms with Gasteiger partial charge in [0, 0.05) is 31.3 Å². The second-order valence-corrected chi connectivity index (χ2v) is 8.26. The standard InChI is InChI=1S/C14H22N2O4S/c1-11-12(7-15-20-11)8-16(9-14-3-2-5-19-14)13-4-6-21(17,18)10-13/h7,13-14H,2-6,8-10H2,1H3/t13-,14+/m0/s1. The lowest BCUT2D eigenvalue weighted by Gasteiger charge is -2.29. The zero-order chi connectivity index (χ0) is 14.9. The van der Waals surface area contributed by atoms with Crippen LogP contribution in [0.15, 0.2) is 10.7 Å². The lowest BCUT2D eigenvalue weighted by molar-refractivity contribution is 0.0573. The highest BCUT2D eigenvalue weighted by molar-refractivity contribution is 7.91. The average molecular weight is 314 g/mol. The van der Waals surface area contributed by atoms with Gasteiger partial charge in [0.05, 0.1) is 23.8 Å². The highest BCUT2D eigenvalue weighted by Crippen LogP contribution is 2.23. The Morgan fingerprint density at radius 2 is 2.29 bits per heavy atom. The van der Waals surface area contributed by atoms with Gasteiger partial charge in [-0.1, -0.05) is 5.16 Å². The molecule has 0 saturated carbocycles. The molecule has 6 nitrogen and oxygen atoms in total. The zero-order valence-corrected chi connectivity index (χ0v) is 13.1. The second kappa shape index (κ2) is 6.06. The molecule has 0 unspecified atom stereocenters. The number of aromatic nitrogens is 1. The monoisotopic (exact) mass is 314 g/mol. The Labute approximate surface area is 125 Å². The van der Waals surface area contributed by atoms with Gasteiger partial charge in [-0.25, -0.2) is 8.42 Å². The summed E-state index contributed by atoms with van der Waals surface area (Å²) >= 11 is 0. The first-order chi connectivity index (χ1) is 10.0. The number of nitrogens with zero attached hydrogens (tertiary/aromatic N) is 2. The fraction of sp³-hybridized carbons (Fsp3) is 0.786. The Balaban J connectivity index is 1.72. The Hall–Kier alpha value is -0.920. The maximum atomic E-state index is 11.8. The predicted octanol–water partition coefficient (Wildman–Crippen LogP) is 1.15. The first-order valence-electron chi connectivity index (χ1n) is 7.50. The van der Waals surface area contributed by atoms with Crippen molar-refractivity contribution < 1.29 is 17.7 Å². The third-order valence-corrected chi connectivity index (χ3v) is 6.16. The minimum Gasteiger partial charge on any atom is -0.377 e. The molecule has 1 aromatic heterocycles. The third-order valence-electron chi connectivity index (χ3n) is 4.41. The molecule has 0 N–H and O–H groups in total. The summed E-state index contributed by atoms with van der Waals surface area (Å²) in [6.45, 7) is 4.16. The predicted molar refractivity (Wildman–Crippen MR) is 77.7 cm³/mol. The normalized spacial score (nSPS) is 28.5. The summed E-state index contributed by atoms with van der Waals surface area (Å²) in [5.74, 6) is 1.35. The summed E-state index contributed by atoms with van der Waals surface area (Å²) in [5, 5.41) is 3.81. The smallest absolute Gasteiger partial charge is 0.151 e. The molecule has 3 rings (SSSR count). The van der Waals surface area contributed by atoms with E-state index in [-0.39, 0.29) is 17.9 Å². The van der Waals surface area contributed by atoms with Gasteiger partial charge in [-0.05, 0) is 26.2 Å². The molecule has 2 aliphatic heterocycles. The molecule has 3 heterocycles. The van der Waals surface area contributed by atoms with Crippen molar-refractivity contribution in [1.82, 2.24) is 10.1 Å². The molecule has 21 heavy (non-hydrogen) atoms. The molecule has 0 amide bonds.